The number of ether oxygens (including phenoxy) is 2. The van der Waals surface area contributed by atoms with Crippen molar-refractivity contribution < 1.29 is 19.2 Å². The van der Waals surface area contributed by atoms with Crippen LogP contribution in [0.15, 0.2) is 42.5 Å². The van der Waals surface area contributed by atoms with Gasteiger partial charge in [-0.05, 0) is 42.2 Å². The second-order valence-electron chi connectivity index (χ2n) is 7.16. The van der Waals surface area contributed by atoms with Crippen LogP contribution in [-0.4, -0.2) is 24.0 Å². The number of nitrogens with one attached hydrogen (secondary N) is 1. The molecule has 144 valence electrons. The van der Waals surface area contributed by atoms with E-state index in [1.165, 1.54) is 19.2 Å². The van der Waals surface area contributed by atoms with E-state index in [4.69, 9.17) is 9.47 Å². The van der Waals surface area contributed by atoms with Gasteiger partial charge in [-0.15, -0.1) is 0 Å². The number of carbonyl (C=O) groups is 1. The molecule has 2 aromatic carbocycles. The van der Waals surface area contributed by atoms with Crippen LogP contribution in [0.5, 0.6) is 11.5 Å². The van der Waals surface area contributed by atoms with E-state index in [0.717, 1.165) is 5.56 Å². The molecule has 1 amide bonds. The van der Waals surface area contributed by atoms with Gasteiger partial charge in [0.1, 0.15) is 17.2 Å². The molecule has 1 N–H and O–H groups in total. The summed E-state index contributed by atoms with van der Waals surface area (Å²) in [7, 11) is 1.41. The van der Waals surface area contributed by atoms with Crippen LogP contribution in [0.25, 0.3) is 0 Å². The number of amides is 1. The fourth-order valence-corrected chi connectivity index (χ4v) is 2.42. The Labute approximate surface area is 158 Å². The van der Waals surface area contributed by atoms with Crippen molar-refractivity contribution in [3.63, 3.8) is 0 Å². The molecule has 0 saturated carbocycles. The van der Waals surface area contributed by atoms with Gasteiger partial charge in [0, 0.05) is 0 Å². The van der Waals surface area contributed by atoms with Gasteiger partial charge in [-0.3, -0.25) is 14.9 Å². The summed E-state index contributed by atoms with van der Waals surface area (Å²) >= 11 is 0. The molecular weight excluding hydrogens is 348 g/mol. The van der Waals surface area contributed by atoms with Crippen LogP contribution in [0.4, 0.5) is 11.4 Å². The molecule has 0 unspecified atom stereocenters. The molecule has 1 atom stereocenters. The molecule has 0 aliphatic heterocycles. The highest BCUT2D eigenvalue weighted by Crippen LogP contribution is 2.29. The molecule has 2 aromatic rings. The van der Waals surface area contributed by atoms with Crippen molar-refractivity contribution in [1.82, 2.24) is 0 Å². The number of nitro groups is 1. The van der Waals surface area contributed by atoms with Crippen LogP contribution in [0.2, 0.25) is 0 Å². The molecule has 0 aliphatic carbocycles. The molecule has 0 aliphatic rings. The highest BCUT2D eigenvalue weighted by atomic mass is 16.6. The number of methoxy groups -OCH3 is 1. The van der Waals surface area contributed by atoms with Crippen LogP contribution in [0.1, 0.15) is 33.3 Å². The summed E-state index contributed by atoms with van der Waals surface area (Å²) in [5.74, 6) is 0.404. The first kappa shape index (κ1) is 20.2. The molecule has 0 spiro atoms. The van der Waals surface area contributed by atoms with Crippen molar-refractivity contribution in [2.24, 2.45) is 0 Å². The summed E-state index contributed by atoms with van der Waals surface area (Å²) in [4.78, 5) is 23.0. The molecule has 0 heterocycles. The average molecular weight is 372 g/mol. The van der Waals surface area contributed by atoms with E-state index in [0.29, 0.717) is 11.5 Å². The third-order valence-electron chi connectivity index (χ3n) is 4.06. The van der Waals surface area contributed by atoms with Gasteiger partial charge in [-0.2, -0.15) is 0 Å². The normalized spacial score (nSPS) is 12.2. The lowest BCUT2D eigenvalue weighted by atomic mass is 9.87. The molecule has 7 nitrogen and oxygen atoms in total. The van der Waals surface area contributed by atoms with Crippen LogP contribution >= 0.6 is 0 Å². The van der Waals surface area contributed by atoms with Crippen molar-refractivity contribution in [1.29, 1.82) is 0 Å². The van der Waals surface area contributed by atoms with Crippen molar-refractivity contribution >= 4 is 17.3 Å². The fourth-order valence-electron chi connectivity index (χ4n) is 2.42. The first-order valence-electron chi connectivity index (χ1n) is 8.52. The van der Waals surface area contributed by atoms with Crippen LogP contribution in [0.3, 0.4) is 0 Å². The molecular formula is C20H24N2O5. The summed E-state index contributed by atoms with van der Waals surface area (Å²) in [6.45, 7) is 7.92. The minimum atomic E-state index is -0.827. The Bertz CT molecular complexity index is 825. The number of anilines is 1. The van der Waals surface area contributed by atoms with E-state index >= 15 is 0 Å². The number of nitro benzene ring substituents is 1. The first-order chi connectivity index (χ1) is 12.6. The standard InChI is InChI=1S/C20H24N2O5/c1-13(27-15-8-6-14(7-9-15)20(2,3)4)19(23)21-17-11-10-16(26-5)12-18(17)22(24)25/h6-13H,1-5H3,(H,21,23)/t13-/m1/s1. The predicted molar refractivity (Wildman–Crippen MR) is 104 cm³/mol. The van der Waals surface area contributed by atoms with Crippen molar-refractivity contribution in [2.75, 3.05) is 12.4 Å². The van der Waals surface area contributed by atoms with E-state index < -0.39 is 16.9 Å². The second kappa shape index (κ2) is 8.07. The SMILES string of the molecule is COc1ccc(NC(=O)[C@@H](C)Oc2ccc(C(C)(C)C)cc2)c([N+](=O)[O-])c1. The van der Waals surface area contributed by atoms with Crippen molar-refractivity contribution in [2.45, 2.75) is 39.2 Å². The maximum absolute atomic E-state index is 12.4. The third-order valence-corrected chi connectivity index (χ3v) is 4.06. The number of carbonyl (C=O) groups excluding carboxylic acids is 1. The van der Waals surface area contributed by atoms with Crippen LogP contribution < -0.4 is 14.8 Å². The van der Waals surface area contributed by atoms with E-state index in [-0.39, 0.29) is 16.8 Å². The Morgan fingerprint density at radius 3 is 2.22 bits per heavy atom. The Balaban J connectivity index is 2.09. The minimum Gasteiger partial charge on any atom is -0.496 e. The Morgan fingerprint density at radius 1 is 1.11 bits per heavy atom. The lowest BCUT2D eigenvalue weighted by Gasteiger charge is -2.20. The van der Waals surface area contributed by atoms with Gasteiger partial charge in [0.2, 0.25) is 0 Å². The molecule has 0 aromatic heterocycles. The minimum absolute atomic E-state index is 0.0226. The van der Waals surface area contributed by atoms with Gasteiger partial charge < -0.3 is 14.8 Å². The van der Waals surface area contributed by atoms with Crippen molar-refractivity contribution in [3.05, 3.63) is 58.1 Å². The van der Waals surface area contributed by atoms with Gasteiger partial charge in [0.25, 0.3) is 11.6 Å². The van der Waals surface area contributed by atoms with Crippen molar-refractivity contribution in [3.8, 4) is 11.5 Å². The monoisotopic (exact) mass is 372 g/mol. The first-order valence-corrected chi connectivity index (χ1v) is 8.52. The average Bonchev–Trinajstić information content (AvgIpc) is 2.61. The highest BCUT2D eigenvalue weighted by Gasteiger charge is 2.21. The number of rotatable bonds is 6. The molecule has 0 fully saturated rings. The Hall–Kier alpha value is -3.09. The Kier molecular flexibility index (Phi) is 6.05. The molecule has 0 bridgehead atoms. The number of nitrogens with zero attached hydrogens (tertiary/aromatic N) is 1. The van der Waals surface area contributed by atoms with Crippen LogP contribution in [-0.2, 0) is 10.2 Å². The zero-order valence-electron chi connectivity index (χ0n) is 16.1. The molecule has 0 radical (unpaired) electrons. The van der Waals surface area contributed by atoms with E-state index in [9.17, 15) is 14.9 Å². The Morgan fingerprint density at radius 2 is 1.70 bits per heavy atom. The topological polar surface area (TPSA) is 90.7 Å². The molecule has 0 saturated heterocycles. The lowest BCUT2D eigenvalue weighted by Crippen LogP contribution is -2.30. The second-order valence-corrected chi connectivity index (χ2v) is 7.16. The van der Waals surface area contributed by atoms with Gasteiger partial charge in [-0.1, -0.05) is 32.9 Å². The number of benzene rings is 2. The highest BCUT2D eigenvalue weighted by molar-refractivity contribution is 5.96. The molecule has 27 heavy (non-hydrogen) atoms. The summed E-state index contributed by atoms with van der Waals surface area (Å²) in [6, 6.07) is 11.7. The molecule has 7 heteroatoms. The van der Waals surface area contributed by atoms with E-state index in [1.54, 1.807) is 25.1 Å². The summed E-state index contributed by atoms with van der Waals surface area (Å²) < 4.78 is 10.6. The van der Waals surface area contributed by atoms with Gasteiger partial charge in [-0.25, -0.2) is 0 Å². The van der Waals surface area contributed by atoms with Crippen LogP contribution in [0, 0.1) is 10.1 Å². The van der Waals surface area contributed by atoms with Gasteiger partial charge >= 0.3 is 0 Å². The van der Waals surface area contributed by atoms with Gasteiger partial charge in [0.15, 0.2) is 6.10 Å². The number of hydrogen-bond donors (Lipinski definition) is 1. The van der Waals surface area contributed by atoms with E-state index in [2.05, 4.69) is 26.1 Å². The zero-order chi connectivity index (χ0) is 20.2. The zero-order valence-corrected chi connectivity index (χ0v) is 16.1. The fraction of sp³-hybridized carbons (Fsp3) is 0.350. The largest absolute Gasteiger partial charge is 0.496 e. The number of hydrogen-bond acceptors (Lipinski definition) is 5. The van der Waals surface area contributed by atoms with E-state index in [1.807, 2.05) is 12.1 Å². The quantitative estimate of drug-likeness (QED) is 0.603. The summed E-state index contributed by atoms with van der Waals surface area (Å²) in [5.41, 5.74) is 1.02. The maximum atomic E-state index is 12.4. The molecule has 2 rings (SSSR count). The smallest absolute Gasteiger partial charge is 0.296 e. The maximum Gasteiger partial charge on any atom is 0.296 e. The van der Waals surface area contributed by atoms with Gasteiger partial charge in [0.05, 0.1) is 18.1 Å². The summed E-state index contributed by atoms with van der Waals surface area (Å²) in [6.07, 6.45) is -0.827. The third kappa shape index (κ3) is 5.20. The summed E-state index contributed by atoms with van der Waals surface area (Å²) in [5, 5.41) is 13.8. The lowest BCUT2D eigenvalue weighted by molar-refractivity contribution is -0.384. The predicted octanol–water partition coefficient (Wildman–Crippen LogP) is 4.31.